The predicted molar refractivity (Wildman–Crippen MR) is 117 cm³/mol. The minimum Gasteiger partial charge on any atom is -0.355 e. The number of aromatic nitrogens is 3. The molecule has 1 N–H and O–H groups in total. The number of para-hydroxylation sites is 1. The van der Waals surface area contributed by atoms with E-state index in [2.05, 4.69) is 15.6 Å². The second kappa shape index (κ2) is 8.83. The summed E-state index contributed by atoms with van der Waals surface area (Å²) in [6.07, 6.45) is 2.97. The summed E-state index contributed by atoms with van der Waals surface area (Å²) < 4.78 is 1.40. The molecular weight excluding hydrogens is 394 g/mol. The van der Waals surface area contributed by atoms with Crippen LogP contribution in [-0.4, -0.2) is 25.7 Å². The molecule has 0 unspecified atom stereocenters. The van der Waals surface area contributed by atoms with Crippen LogP contribution >= 0.6 is 0 Å². The van der Waals surface area contributed by atoms with Gasteiger partial charge in [0.05, 0.1) is 16.8 Å². The van der Waals surface area contributed by atoms with Crippen molar-refractivity contribution in [2.24, 2.45) is 0 Å². The van der Waals surface area contributed by atoms with Crippen molar-refractivity contribution in [3.05, 3.63) is 119 Å². The highest BCUT2D eigenvalue weighted by Gasteiger charge is 2.13. The summed E-state index contributed by atoms with van der Waals surface area (Å²) in [7, 11) is 0. The summed E-state index contributed by atoms with van der Waals surface area (Å²) in [6.45, 7) is 0. The first-order valence-electron chi connectivity index (χ1n) is 9.41. The summed E-state index contributed by atoms with van der Waals surface area (Å²) in [5.74, 6) is -0.324. The van der Waals surface area contributed by atoms with Crippen molar-refractivity contribution in [1.29, 1.82) is 0 Å². The number of nitro groups is 1. The molecule has 0 bridgehead atoms. The van der Waals surface area contributed by atoms with E-state index in [1.54, 1.807) is 12.1 Å². The Morgan fingerprint density at radius 3 is 2.23 bits per heavy atom. The average molecular weight is 411 g/mol. The van der Waals surface area contributed by atoms with E-state index in [0.29, 0.717) is 11.4 Å². The molecule has 0 atom stereocenters. The van der Waals surface area contributed by atoms with Crippen molar-refractivity contribution in [2.45, 2.75) is 0 Å². The molecule has 0 saturated heterocycles. The van der Waals surface area contributed by atoms with E-state index in [9.17, 15) is 14.9 Å². The van der Waals surface area contributed by atoms with E-state index in [4.69, 9.17) is 0 Å². The van der Waals surface area contributed by atoms with E-state index < -0.39 is 4.92 Å². The number of rotatable bonds is 7. The number of anilines is 1. The minimum absolute atomic E-state index is 0.0254. The number of non-ortho nitro benzene ring substituents is 1. The van der Waals surface area contributed by atoms with Gasteiger partial charge in [-0.15, -0.1) is 5.10 Å². The third-order valence-corrected chi connectivity index (χ3v) is 4.48. The van der Waals surface area contributed by atoms with Gasteiger partial charge in [0.1, 0.15) is 0 Å². The molecule has 4 rings (SSSR count). The zero-order chi connectivity index (χ0) is 21.6. The third-order valence-electron chi connectivity index (χ3n) is 4.48. The predicted octanol–water partition coefficient (Wildman–Crippen LogP) is 4.51. The number of carbonyl (C=O) groups is 1. The zero-order valence-corrected chi connectivity index (χ0v) is 16.3. The number of carbonyl (C=O) groups excluding carboxylic acids is 1. The van der Waals surface area contributed by atoms with Gasteiger partial charge in [-0.25, -0.2) is 4.68 Å². The summed E-state index contributed by atoms with van der Waals surface area (Å²) in [4.78, 5) is 23.2. The van der Waals surface area contributed by atoms with E-state index in [0.717, 1.165) is 11.3 Å². The number of ketones is 1. The zero-order valence-electron chi connectivity index (χ0n) is 16.3. The van der Waals surface area contributed by atoms with Crippen molar-refractivity contribution >= 4 is 22.9 Å². The van der Waals surface area contributed by atoms with Crippen molar-refractivity contribution in [3.63, 3.8) is 0 Å². The molecule has 0 aliphatic carbocycles. The molecule has 31 heavy (non-hydrogen) atoms. The van der Waals surface area contributed by atoms with Gasteiger partial charge in [-0.05, 0) is 29.8 Å². The molecule has 0 radical (unpaired) electrons. The SMILES string of the molecule is O=C(C=C(Nc1ccccc1)c1ccccc1)c1cn(-c2ccc([N+](=O)[O-])cc2)nn1. The highest BCUT2D eigenvalue weighted by Crippen LogP contribution is 2.20. The lowest BCUT2D eigenvalue weighted by molar-refractivity contribution is -0.384. The summed E-state index contributed by atoms with van der Waals surface area (Å²) in [5, 5.41) is 22.0. The third kappa shape index (κ3) is 4.70. The largest absolute Gasteiger partial charge is 0.355 e. The number of allylic oxidation sites excluding steroid dienone is 1. The van der Waals surface area contributed by atoms with Crippen molar-refractivity contribution < 1.29 is 9.72 Å². The van der Waals surface area contributed by atoms with Crippen LogP contribution in [0.4, 0.5) is 11.4 Å². The molecule has 3 aromatic carbocycles. The quantitative estimate of drug-likeness (QED) is 0.208. The van der Waals surface area contributed by atoms with Gasteiger partial charge in [0, 0.05) is 29.6 Å². The molecule has 0 aliphatic heterocycles. The molecule has 8 nitrogen and oxygen atoms in total. The molecule has 1 aromatic heterocycles. The standard InChI is InChI=1S/C23H17N5O3/c29-23(22-16-27(26-25-22)19-11-13-20(14-12-19)28(30)31)15-21(17-7-3-1-4-8-17)24-18-9-5-2-6-10-18/h1-16,24H. The highest BCUT2D eigenvalue weighted by atomic mass is 16.6. The lowest BCUT2D eigenvalue weighted by atomic mass is 10.1. The van der Waals surface area contributed by atoms with Crippen LogP contribution in [-0.2, 0) is 0 Å². The number of hydrogen-bond donors (Lipinski definition) is 1. The van der Waals surface area contributed by atoms with Crippen LogP contribution in [0.3, 0.4) is 0 Å². The Morgan fingerprint density at radius 1 is 0.935 bits per heavy atom. The van der Waals surface area contributed by atoms with Gasteiger partial charge >= 0.3 is 0 Å². The van der Waals surface area contributed by atoms with Crippen LogP contribution < -0.4 is 5.32 Å². The number of nitro benzene ring substituents is 1. The first kappa shape index (κ1) is 19.7. The van der Waals surface area contributed by atoms with Gasteiger partial charge in [0.2, 0.25) is 5.78 Å². The second-order valence-corrected chi connectivity index (χ2v) is 6.60. The topological polar surface area (TPSA) is 103 Å². The number of nitrogens with one attached hydrogen (secondary N) is 1. The number of nitrogens with zero attached hydrogens (tertiary/aromatic N) is 4. The lowest BCUT2D eigenvalue weighted by Gasteiger charge is -2.11. The summed E-state index contributed by atoms with van der Waals surface area (Å²) >= 11 is 0. The molecule has 152 valence electrons. The number of benzene rings is 3. The highest BCUT2D eigenvalue weighted by molar-refractivity contribution is 6.08. The van der Waals surface area contributed by atoms with E-state index >= 15 is 0 Å². The smallest absolute Gasteiger partial charge is 0.269 e. The molecular formula is C23H17N5O3. The molecule has 0 saturated carbocycles. The molecule has 0 fully saturated rings. The summed E-state index contributed by atoms with van der Waals surface area (Å²) in [5.41, 5.74) is 3.01. The fraction of sp³-hybridized carbons (Fsp3) is 0. The van der Waals surface area contributed by atoms with Gasteiger partial charge in [0.25, 0.3) is 5.69 Å². The molecule has 0 amide bonds. The van der Waals surface area contributed by atoms with Crippen LogP contribution in [0.2, 0.25) is 0 Å². The second-order valence-electron chi connectivity index (χ2n) is 6.60. The number of hydrogen-bond acceptors (Lipinski definition) is 6. The van der Waals surface area contributed by atoms with Gasteiger partial charge < -0.3 is 5.32 Å². The maximum Gasteiger partial charge on any atom is 0.269 e. The Hall–Kier alpha value is -4.59. The minimum atomic E-state index is -0.476. The van der Waals surface area contributed by atoms with Gasteiger partial charge in [0.15, 0.2) is 5.69 Å². The van der Waals surface area contributed by atoms with Gasteiger partial charge in [-0.3, -0.25) is 14.9 Å². The monoisotopic (exact) mass is 411 g/mol. The van der Waals surface area contributed by atoms with Crippen LogP contribution in [0.25, 0.3) is 11.4 Å². The maximum atomic E-state index is 12.9. The maximum absolute atomic E-state index is 12.9. The van der Waals surface area contributed by atoms with Crippen LogP contribution in [0.15, 0.2) is 97.2 Å². The van der Waals surface area contributed by atoms with Gasteiger partial charge in [-0.1, -0.05) is 53.7 Å². The Labute approximate surface area is 177 Å². The first-order valence-corrected chi connectivity index (χ1v) is 9.41. The molecule has 8 heteroatoms. The molecule has 1 heterocycles. The van der Waals surface area contributed by atoms with Crippen molar-refractivity contribution in [3.8, 4) is 5.69 Å². The fourth-order valence-electron chi connectivity index (χ4n) is 2.92. The van der Waals surface area contributed by atoms with E-state index in [1.807, 2.05) is 60.7 Å². The van der Waals surface area contributed by atoms with Gasteiger partial charge in [-0.2, -0.15) is 0 Å². The molecule has 0 spiro atoms. The van der Waals surface area contributed by atoms with Crippen molar-refractivity contribution in [2.75, 3.05) is 5.32 Å². The van der Waals surface area contributed by atoms with Crippen molar-refractivity contribution in [1.82, 2.24) is 15.0 Å². The lowest BCUT2D eigenvalue weighted by Crippen LogP contribution is -2.04. The van der Waals surface area contributed by atoms with Crippen LogP contribution in [0, 0.1) is 10.1 Å². The average Bonchev–Trinajstić information content (AvgIpc) is 3.30. The Morgan fingerprint density at radius 2 is 1.58 bits per heavy atom. The van der Waals surface area contributed by atoms with Crippen LogP contribution in [0.1, 0.15) is 16.1 Å². The summed E-state index contributed by atoms with van der Waals surface area (Å²) in [6, 6.07) is 24.9. The molecule has 4 aromatic rings. The van der Waals surface area contributed by atoms with E-state index in [-0.39, 0.29) is 17.2 Å². The van der Waals surface area contributed by atoms with E-state index in [1.165, 1.54) is 29.1 Å². The Kier molecular flexibility index (Phi) is 5.62. The Bertz CT molecular complexity index is 1230. The van der Waals surface area contributed by atoms with Crippen LogP contribution in [0.5, 0.6) is 0 Å². The fourth-order valence-corrected chi connectivity index (χ4v) is 2.92. The first-order chi connectivity index (χ1) is 15.1. The molecule has 0 aliphatic rings. The normalized spacial score (nSPS) is 11.2. The Balaban J connectivity index is 1.61.